The Hall–Kier alpha value is -2.63. The van der Waals surface area contributed by atoms with Crippen molar-refractivity contribution in [2.24, 2.45) is 5.41 Å². The molecule has 4 rings (SSSR count). The summed E-state index contributed by atoms with van der Waals surface area (Å²) in [4.78, 5) is 33.6. The summed E-state index contributed by atoms with van der Waals surface area (Å²) in [6, 6.07) is 10.1. The molecule has 2 fully saturated rings. The monoisotopic (exact) mass is 381 g/mol. The summed E-state index contributed by atoms with van der Waals surface area (Å²) in [7, 11) is 1.90. The molecule has 3 heterocycles. The van der Waals surface area contributed by atoms with E-state index in [0.29, 0.717) is 30.4 Å². The molecule has 1 atom stereocenters. The van der Waals surface area contributed by atoms with Crippen molar-refractivity contribution in [2.75, 3.05) is 26.7 Å². The van der Waals surface area contributed by atoms with E-state index in [2.05, 4.69) is 4.98 Å². The highest BCUT2D eigenvalue weighted by atomic mass is 16.4. The standard InChI is InChI=1S/C22H27N3O3/c1-15-19(28-16(2)23-15)21(27)25-11-9-22(10-12-25)13-18(20(26)24(3)14-22)17-7-5-4-6-8-17/h4-8,18H,9-14H2,1-3H3/t18-/m0/s1. The molecule has 148 valence electrons. The summed E-state index contributed by atoms with van der Waals surface area (Å²) < 4.78 is 5.52. The predicted octanol–water partition coefficient (Wildman–Crippen LogP) is 3.16. The maximum atomic E-state index is 12.8. The molecular weight excluding hydrogens is 354 g/mol. The minimum absolute atomic E-state index is 0.0618. The van der Waals surface area contributed by atoms with Crippen LogP contribution in [0.15, 0.2) is 34.7 Å². The number of benzene rings is 1. The van der Waals surface area contributed by atoms with Crippen molar-refractivity contribution < 1.29 is 14.0 Å². The van der Waals surface area contributed by atoms with E-state index >= 15 is 0 Å². The highest BCUT2D eigenvalue weighted by Gasteiger charge is 2.45. The first-order chi connectivity index (χ1) is 13.4. The van der Waals surface area contributed by atoms with Crippen molar-refractivity contribution in [3.63, 3.8) is 0 Å². The third-order valence-electron chi connectivity index (χ3n) is 6.30. The lowest BCUT2D eigenvalue weighted by atomic mass is 9.67. The van der Waals surface area contributed by atoms with Crippen molar-refractivity contribution >= 4 is 11.8 Å². The molecule has 2 saturated heterocycles. The van der Waals surface area contributed by atoms with Gasteiger partial charge in [0.05, 0.1) is 11.6 Å². The van der Waals surface area contributed by atoms with Gasteiger partial charge >= 0.3 is 0 Å². The number of hydrogen-bond donors (Lipinski definition) is 0. The Kier molecular flexibility index (Phi) is 4.73. The van der Waals surface area contributed by atoms with Crippen molar-refractivity contribution in [3.05, 3.63) is 53.2 Å². The van der Waals surface area contributed by atoms with Crippen LogP contribution in [0, 0.1) is 19.3 Å². The molecule has 0 aliphatic carbocycles. The van der Waals surface area contributed by atoms with E-state index in [1.54, 1.807) is 13.8 Å². The second kappa shape index (κ2) is 7.08. The molecule has 0 bridgehead atoms. The van der Waals surface area contributed by atoms with Gasteiger partial charge in [0.25, 0.3) is 5.91 Å². The minimum atomic E-state index is -0.0960. The fourth-order valence-corrected chi connectivity index (χ4v) is 4.80. The first-order valence-electron chi connectivity index (χ1n) is 9.92. The highest BCUT2D eigenvalue weighted by molar-refractivity contribution is 5.92. The predicted molar refractivity (Wildman–Crippen MR) is 105 cm³/mol. The van der Waals surface area contributed by atoms with Crippen LogP contribution in [-0.2, 0) is 4.79 Å². The summed E-state index contributed by atoms with van der Waals surface area (Å²) >= 11 is 0. The molecule has 1 spiro atoms. The van der Waals surface area contributed by atoms with Gasteiger partial charge in [-0.1, -0.05) is 30.3 Å². The second-order valence-corrected chi connectivity index (χ2v) is 8.30. The minimum Gasteiger partial charge on any atom is -0.436 e. The van der Waals surface area contributed by atoms with Gasteiger partial charge < -0.3 is 14.2 Å². The van der Waals surface area contributed by atoms with Crippen LogP contribution in [0.25, 0.3) is 0 Å². The van der Waals surface area contributed by atoms with Crippen molar-refractivity contribution in [1.29, 1.82) is 0 Å². The Bertz CT molecular complexity index is 882. The number of rotatable bonds is 2. The maximum absolute atomic E-state index is 12.8. The van der Waals surface area contributed by atoms with Crippen LogP contribution in [-0.4, -0.2) is 53.3 Å². The molecule has 1 aromatic carbocycles. The zero-order valence-electron chi connectivity index (χ0n) is 16.8. The van der Waals surface area contributed by atoms with E-state index in [1.165, 1.54) is 0 Å². The van der Waals surface area contributed by atoms with Crippen LogP contribution in [0.2, 0.25) is 0 Å². The number of nitrogens with zero attached hydrogens (tertiary/aromatic N) is 3. The van der Waals surface area contributed by atoms with E-state index in [4.69, 9.17) is 4.42 Å². The number of aromatic nitrogens is 1. The fourth-order valence-electron chi connectivity index (χ4n) is 4.80. The van der Waals surface area contributed by atoms with Gasteiger partial charge in [-0.2, -0.15) is 0 Å². The van der Waals surface area contributed by atoms with Gasteiger partial charge in [-0.25, -0.2) is 4.98 Å². The largest absolute Gasteiger partial charge is 0.436 e. The fraction of sp³-hybridized carbons (Fsp3) is 0.500. The normalized spacial score (nSPS) is 22.0. The Labute approximate surface area is 165 Å². The molecule has 28 heavy (non-hydrogen) atoms. The van der Waals surface area contributed by atoms with Gasteiger partial charge in [0.2, 0.25) is 11.7 Å². The second-order valence-electron chi connectivity index (χ2n) is 8.30. The summed E-state index contributed by atoms with van der Waals surface area (Å²) in [5.41, 5.74) is 1.80. The van der Waals surface area contributed by atoms with Crippen LogP contribution in [0.3, 0.4) is 0 Å². The van der Waals surface area contributed by atoms with Gasteiger partial charge in [-0.3, -0.25) is 9.59 Å². The molecule has 6 nitrogen and oxygen atoms in total. The summed E-state index contributed by atoms with van der Waals surface area (Å²) in [5.74, 6) is 0.899. The highest BCUT2D eigenvalue weighted by Crippen LogP contribution is 2.45. The molecular formula is C22H27N3O3. The van der Waals surface area contributed by atoms with Crippen LogP contribution < -0.4 is 0 Å². The lowest BCUT2D eigenvalue weighted by Gasteiger charge is -2.49. The lowest BCUT2D eigenvalue weighted by molar-refractivity contribution is -0.139. The molecule has 2 amide bonds. The van der Waals surface area contributed by atoms with Gasteiger partial charge in [0, 0.05) is 33.6 Å². The van der Waals surface area contributed by atoms with E-state index < -0.39 is 0 Å². The molecule has 0 saturated carbocycles. The Morgan fingerprint density at radius 1 is 1.18 bits per heavy atom. The molecule has 0 unspecified atom stereocenters. The van der Waals surface area contributed by atoms with Gasteiger partial charge in [0.15, 0.2) is 5.89 Å². The summed E-state index contributed by atoms with van der Waals surface area (Å²) in [6.45, 7) is 5.69. The first-order valence-corrected chi connectivity index (χ1v) is 9.92. The van der Waals surface area contributed by atoms with Gasteiger partial charge in [-0.15, -0.1) is 0 Å². The quantitative estimate of drug-likeness (QED) is 0.801. The SMILES string of the molecule is Cc1nc(C)c(C(=O)N2CCC3(CC2)C[C@@H](c2ccccc2)C(=O)N(C)C3)o1. The molecule has 0 N–H and O–H groups in total. The topological polar surface area (TPSA) is 66.7 Å². The molecule has 2 aliphatic rings. The number of likely N-dealkylation sites (tertiary alicyclic amines) is 2. The zero-order valence-corrected chi connectivity index (χ0v) is 16.8. The van der Waals surface area contributed by atoms with Crippen LogP contribution in [0.1, 0.15) is 52.9 Å². The van der Waals surface area contributed by atoms with Crippen LogP contribution >= 0.6 is 0 Å². The maximum Gasteiger partial charge on any atom is 0.291 e. The number of oxazole rings is 1. The molecule has 2 aromatic rings. The Morgan fingerprint density at radius 2 is 1.86 bits per heavy atom. The Balaban J connectivity index is 1.49. The lowest BCUT2D eigenvalue weighted by Crippen LogP contribution is -2.53. The van der Waals surface area contributed by atoms with E-state index in [1.807, 2.05) is 47.2 Å². The number of aryl methyl sites for hydroxylation is 2. The zero-order chi connectivity index (χ0) is 19.9. The van der Waals surface area contributed by atoms with Crippen LogP contribution in [0.5, 0.6) is 0 Å². The number of likely N-dealkylation sites (N-methyl/N-ethyl adjacent to an activating group) is 1. The van der Waals surface area contributed by atoms with Crippen molar-refractivity contribution in [3.8, 4) is 0 Å². The third-order valence-corrected chi connectivity index (χ3v) is 6.30. The van der Waals surface area contributed by atoms with E-state index in [9.17, 15) is 9.59 Å². The molecule has 0 radical (unpaired) electrons. The summed E-state index contributed by atoms with van der Waals surface area (Å²) in [6.07, 6.45) is 2.64. The Morgan fingerprint density at radius 3 is 2.46 bits per heavy atom. The summed E-state index contributed by atoms with van der Waals surface area (Å²) in [5, 5.41) is 0. The van der Waals surface area contributed by atoms with E-state index in [0.717, 1.165) is 31.4 Å². The molecule has 6 heteroatoms. The number of carbonyl (C=O) groups is 2. The van der Waals surface area contributed by atoms with E-state index in [-0.39, 0.29) is 23.1 Å². The number of carbonyl (C=O) groups excluding carboxylic acids is 2. The van der Waals surface area contributed by atoms with Crippen molar-refractivity contribution in [1.82, 2.24) is 14.8 Å². The number of amides is 2. The number of piperidine rings is 2. The molecule has 2 aliphatic heterocycles. The first kappa shape index (κ1) is 18.7. The third kappa shape index (κ3) is 3.32. The van der Waals surface area contributed by atoms with Gasteiger partial charge in [0.1, 0.15) is 0 Å². The number of hydrogen-bond acceptors (Lipinski definition) is 4. The van der Waals surface area contributed by atoms with Gasteiger partial charge in [-0.05, 0) is 37.2 Å². The van der Waals surface area contributed by atoms with Crippen molar-refractivity contribution in [2.45, 2.75) is 39.0 Å². The van der Waals surface area contributed by atoms with Crippen LogP contribution in [0.4, 0.5) is 0 Å². The average molecular weight is 381 g/mol. The smallest absolute Gasteiger partial charge is 0.291 e. The average Bonchev–Trinajstić information content (AvgIpc) is 3.04. The molecule has 1 aromatic heterocycles.